The molecule has 0 spiro atoms. The highest BCUT2D eigenvalue weighted by Gasteiger charge is 1.98. The Bertz CT molecular complexity index is 178. The summed E-state index contributed by atoms with van der Waals surface area (Å²) >= 11 is 0. The van der Waals surface area contributed by atoms with E-state index in [4.69, 9.17) is 0 Å². The molecule has 0 saturated carbocycles. The van der Waals surface area contributed by atoms with Crippen LogP contribution in [0.4, 0.5) is 0 Å². The Hall–Kier alpha value is -0.530. The van der Waals surface area contributed by atoms with Crippen molar-refractivity contribution in [1.29, 1.82) is 0 Å². The Morgan fingerprint density at radius 1 is 0.611 bits per heavy atom. The summed E-state index contributed by atoms with van der Waals surface area (Å²) in [5.41, 5.74) is 0. The molecular weight excluding hydrogens is 224 g/mol. The molecule has 1 radical (unpaired) electrons. The van der Waals surface area contributed by atoms with Crippen LogP contribution in [0.15, 0.2) is 0 Å². The molecule has 2 nitrogen and oxygen atoms in total. The summed E-state index contributed by atoms with van der Waals surface area (Å²) < 4.78 is 0. The summed E-state index contributed by atoms with van der Waals surface area (Å²) in [7, 11) is 0. The van der Waals surface area contributed by atoms with E-state index in [1.807, 2.05) is 0 Å². The van der Waals surface area contributed by atoms with Crippen molar-refractivity contribution in [1.82, 2.24) is 0 Å². The Balaban J connectivity index is 2.92. The SMILES string of the molecule is CCCCCCCCCCCCCCCC([O])=O. The second-order valence-electron chi connectivity index (χ2n) is 5.36. The fourth-order valence-electron chi connectivity index (χ4n) is 2.29. The van der Waals surface area contributed by atoms with Crippen LogP contribution in [0.5, 0.6) is 0 Å². The van der Waals surface area contributed by atoms with Crippen LogP contribution >= 0.6 is 0 Å². The van der Waals surface area contributed by atoms with Crippen molar-refractivity contribution in [3.63, 3.8) is 0 Å². The minimum absolute atomic E-state index is 0.234. The third-order valence-corrected chi connectivity index (χ3v) is 3.48. The van der Waals surface area contributed by atoms with E-state index < -0.39 is 5.97 Å². The zero-order valence-electron chi connectivity index (χ0n) is 12.2. The monoisotopic (exact) mass is 255 g/mol. The van der Waals surface area contributed by atoms with Gasteiger partial charge in [-0.1, -0.05) is 84.0 Å². The van der Waals surface area contributed by atoms with Gasteiger partial charge >= 0.3 is 5.97 Å². The molecule has 0 aromatic carbocycles. The van der Waals surface area contributed by atoms with Gasteiger partial charge in [-0.15, -0.1) is 0 Å². The van der Waals surface area contributed by atoms with Crippen molar-refractivity contribution in [2.45, 2.75) is 96.8 Å². The Kier molecular flexibility index (Phi) is 14.1. The summed E-state index contributed by atoms with van der Waals surface area (Å²) in [6, 6.07) is 0. The van der Waals surface area contributed by atoms with Gasteiger partial charge in [0, 0.05) is 0 Å². The van der Waals surface area contributed by atoms with Gasteiger partial charge in [0.1, 0.15) is 0 Å². The standard InChI is InChI=1S/C16H31O2/c1-2-3-4-5-6-7-8-9-10-11-12-13-14-15-16(17)18/h2-15H2,1H3. The summed E-state index contributed by atoms with van der Waals surface area (Å²) in [5.74, 6) is -0.905. The van der Waals surface area contributed by atoms with Crippen molar-refractivity contribution >= 4 is 5.97 Å². The second-order valence-corrected chi connectivity index (χ2v) is 5.36. The van der Waals surface area contributed by atoms with Gasteiger partial charge in [0.2, 0.25) is 0 Å². The Morgan fingerprint density at radius 2 is 0.944 bits per heavy atom. The molecule has 0 atom stereocenters. The van der Waals surface area contributed by atoms with Gasteiger partial charge in [-0.05, 0) is 6.42 Å². The number of hydrogen-bond acceptors (Lipinski definition) is 1. The smallest absolute Gasteiger partial charge is 0.247 e. The molecule has 0 bridgehead atoms. The topological polar surface area (TPSA) is 37.0 Å². The van der Waals surface area contributed by atoms with Gasteiger partial charge in [0.05, 0.1) is 6.42 Å². The molecule has 0 saturated heterocycles. The van der Waals surface area contributed by atoms with Crippen molar-refractivity contribution < 1.29 is 9.90 Å². The Morgan fingerprint density at radius 3 is 1.28 bits per heavy atom. The maximum atomic E-state index is 10.2. The molecular formula is C16H31O2. The van der Waals surface area contributed by atoms with Crippen LogP contribution in [-0.4, -0.2) is 5.97 Å². The average Bonchev–Trinajstić information content (AvgIpc) is 2.34. The molecule has 107 valence electrons. The first kappa shape index (κ1) is 17.5. The highest BCUT2D eigenvalue weighted by molar-refractivity contribution is 5.66. The molecule has 2 heteroatoms. The average molecular weight is 255 g/mol. The van der Waals surface area contributed by atoms with E-state index in [2.05, 4.69) is 6.92 Å². The van der Waals surface area contributed by atoms with Crippen molar-refractivity contribution in [3.05, 3.63) is 0 Å². The van der Waals surface area contributed by atoms with E-state index in [1.54, 1.807) is 0 Å². The molecule has 0 rings (SSSR count). The molecule has 0 aliphatic carbocycles. The van der Waals surface area contributed by atoms with Crippen molar-refractivity contribution in [2.75, 3.05) is 0 Å². The van der Waals surface area contributed by atoms with Crippen LogP contribution in [0.2, 0.25) is 0 Å². The van der Waals surface area contributed by atoms with Gasteiger partial charge in [0.15, 0.2) is 0 Å². The predicted molar refractivity (Wildman–Crippen MR) is 76.0 cm³/mol. The molecule has 0 heterocycles. The largest absolute Gasteiger partial charge is 0.355 e. The lowest BCUT2D eigenvalue weighted by Gasteiger charge is -2.02. The van der Waals surface area contributed by atoms with E-state index in [9.17, 15) is 9.90 Å². The van der Waals surface area contributed by atoms with Crippen LogP contribution < -0.4 is 0 Å². The second kappa shape index (κ2) is 14.5. The lowest BCUT2D eigenvalue weighted by Crippen LogP contribution is -1.91. The minimum Gasteiger partial charge on any atom is -0.247 e. The number of unbranched alkanes of at least 4 members (excludes halogenated alkanes) is 12. The van der Waals surface area contributed by atoms with E-state index >= 15 is 0 Å². The van der Waals surface area contributed by atoms with Gasteiger partial charge in [-0.3, -0.25) is 0 Å². The summed E-state index contributed by atoms with van der Waals surface area (Å²) in [6.07, 6.45) is 16.9. The highest BCUT2D eigenvalue weighted by Crippen LogP contribution is 2.12. The molecule has 18 heavy (non-hydrogen) atoms. The van der Waals surface area contributed by atoms with Gasteiger partial charge in [-0.2, -0.15) is 0 Å². The van der Waals surface area contributed by atoms with Crippen LogP contribution in [0.25, 0.3) is 0 Å². The minimum atomic E-state index is -0.905. The van der Waals surface area contributed by atoms with E-state index in [0.29, 0.717) is 0 Å². The molecule has 0 aromatic rings. The van der Waals surface area contributed by atoms with E-state index in [-0.39, 0.29) is 6.42 Å². The lowest BCUT2D eigenvalue weighted by molar-refractivity contribution is -0.143. The van der Waals surface area contributed by atoms with E-state index in [0.717, 1.165) is 12.8 Å². The highest BCUT2D eigenvalue weighted by atomic mass is 16.4. The zero-order valence-corrected chi connectivity index (χ0v) is 12.2. The number of rotatable bonds is 14. The number of carbonyl (C=O) groups excluding carboxylic acids is 1. The third kappa shape index (κ3) is 15.5. The molecule has 0 fully saturated rings. The zero-order chi connectivity index (χ0) is 13.5. The first-order chi connectivity index (χ1) is 8.77. The number of hydrogen-bond donors (Lipinski definition) is 0. The van der Waals surface area contributed by atoms with Crippen LogP contribution in [0.3, 0.4) is 0 Å². The summed E-state index contributed by atoms with van der Waals surface area (Å²) in [5, 5.41) is 10.2. The molecule has 0 aliphatic heterocycles. The maximum absolute atomic E-state index is 10.2. The molecule has 0 aromatic heterocycles. The fraction of sp³-hybridized carbons (Fsp3) is 0.938. The first-order valence-electron chi connectivity index (χ1n) is 7.97. The van der Waals surface area contributed by atoms with E-state index in [1.165, 1.54) is 70.6 Å². The molecule has 0 N–H and O–H groups in total. The maximum Gasteiger partial charge on any atom is 0.355 e. The van der Waals surface area contributed by atoms with Crippen LogP contribution in [0.1, 0.15) is 96.8 Å². The molecule has 0 amide bonds. The van der Waals surface area contributed by atoms with Gasteiger partial charge in [0.25, 0.3) is 0 Å². The first-order valence-corrected chi connectivity index (χ1v) is 7.97. The summed E-state index contributed by atoms with van der Waals surface area (Å²) in [6.45, 7) is 2.26. The quantitative estimate of drug-likeness (QED) is 0.381. The number of carbonyl (C=O) groups is 1. The Labute approximate surface area is 113 Å². The molecule has 0 aliphatic rings. The van der Waals surface area contributed by atoms with Crippen molar-refractivity contribution in [2.24, 2.45) is 0 Å². The predicted octanol–water partition coefficient (Wildman–Crippen LogP) is 5.42. The third-order valence-electron chi connectivity index (χ3n) is 3.48. The van der Waals surface area contributed by atoms with Crippen LogP contribution in [0, 0.1) is 0 Å². The van der Waals surface area contributed by atoms with Gasteiger partial charge in [-0.25, -0.2) is 9.90 Å². The summed E-state index contributed by atoms with van der Waals surface area (Å²) in [4.78, 5) is 10.2. The van der Waals surface area contributed by atoms with Gasteiger partial charge < -0.3 is 0 Å². The van der Waals surface area contributed by atoms with Crippen LogP contribution in [-0.2, 0) is 9.90 Å². The fourth-order valence-corrected chi connectivity index (χ4v) is 2.29. The normalized spacial score (nSPS) is 10.7. The van der Waals surface area contributed by atoms with Crippen molar-refractivity contribution in [3.8, 4) is 0 Å². The lowest BCUT2D eigenvalue weighted by atomic mass is 10.0. The molecule has 0 unspecified atom stereocenters.